The van der Waals surface area contributed by atoms with Crippen LogP contribution in [0.4, 0.5) is 4.39 Å². The van der Waals surface area contributed by atoms with Crippen molar-refractivity contribution in [1.82, 2.24) is 16.0 Å². The molecule has 0 spiro atoms. The van der Waals surface area contributed by atoms with E-state index in [9.17, 15) is 19.1 Å². The number of benzene rings is 1. The van der Waals surface area contributed by atoms with E-state index in [0.29, 0.717) is 45.1 Å². The molecule has 0 radical (unpaired) electrons. The minimum absolute atomic E-state index is 0.0211. The maximum Gasteiger partial charge on any atom is 0.258 e. The number of rotatable bonds is 7. The van der Waals surface area contributed by atoms with Gasteiger partial charge in [-0.2, -0.15) is 0 Å². The predicted molar refractivity (Wildman–Crippen MR) is 120 cm³/mol. The number of amides is 2. The predicted octanol–water partition coefficient (Wildman–Crippen LogP) is 1.67. The number of carbonyl (C=O) groups excluding carboxylic acids is 2. The van der Waals surface area contributed by atoms with Gasteiger partial charge in [0.05, 0.1) is 28.8 Å². The Hall–Kier alpha value is -1.94. The highest BCUT2D eigenvalue weighted by atomic mass is 35.5. The van der Waals surface area contributed by atoms with Crippen molar-refractivity contribution in [3.05, 3.63) is 29.0 Å². The molecule has 4 N–H and O–H groups in total. The van der Waals surface area contributed by atoms with Gasteiger partial charge < -0.3 is 30.5 Å². The molecule has 4 aliphatic rings. The van der Waals surface area contributed by atoms with Crippen molar-refractivity contribution in [2.45, 2.75) is 74.3 Å². The molecular formula is C23H31ClFN3O5. The summed E-state index contributed by atoms with van der Waals surface area (Å²) < 4.78 is 24.2. The number of aliphatic hydroxyl groups is 1. The van der Waals surface area contributed by atoms with Crippen molar-refractivity contribution in [2.75, 3.05) is 20.3 Å². The van der Waals surface area contributed by atoms with Gasteiger partial charge in [-0.1, -0.05) is 11.6 Å². The Bertz CT molecular complexity index is 885. The maximum absolute atomic E-state index is 13.5. The number of nitrogens with one attached hydrogen (secondary N) is 3. The summed E-state index contributed by atoms with van der Waals surface area (Å²) in [5.74, 6) is -0.850. The van der Waals surface area contributed by atoms with Crippen LogP contribution in [0.15, 0.2) is 18.2 Å². The van der Waals surface area contributed by atoms with E-state index < -0.39 is 23.0 Å². The van der Waals surface area contributed by atoms with Crippen LogP contribution in [0, 0.1) is 5.82 Å². The molecular weight excluding hydrogens is 453 g/mol. The normalized spacial score (nSPS) is 33.4. The molecule has 1 saturated heterocycles. The van der Waals surface area contributed by atoms with Crippen molar-refractivity contribution < 1.29 is 28.6 Å². The van der Waals surface area contributed by atoms with Gasteiger partial charge in [0.1, 0.15) is 11.6 Å². The van der Waals surface area contributed by atoms with Crippen molar-refractivity contribution in [2.24, 2.45) is 0 Å². The minimum atomic E-state index is -0.783. The van der Waals surface area contributed by atoms with Crippen LogP contribution in [0.3, 0.4) is 0 Å². The SMILES string of the molecule is COC1CCC(C(=O)NC23CCC(NC(=O)COc4ccc(Cl)c(F)c4)(CC2)C(O)C3)NC1. The lowest BCUT2D eigenvalue weighted by Crippen LogP contribution is -2.71. The Morgan fingerprint density at radius 1 is 1.24 bits per heavy atom. The fourth-order valence-corrected chi connectivity index (χ4v) is 5.41. The molecule has 4 fully saturated rings. The Labute approximate surface area is 197 Å². The van der Waals surface area contributed by atoms with Gasteiger partial charge >= 0.3 is 0 Å². The number of fused-ring (bicyclic) bond motifs is 3. The summed E-state index contributed by atoms with van der Waals surface area (Å²) >= 11 is 5.66. The molecule has 8 nitrogen and oxygen atoms in total. The highest BCUT2D eigenvalue weighted by molar-refractivity contribution is 6.30. The summed E-state index contributed by atoms with van der Waals surface area (Å²) in [6, 6.07) is 3.71. The number of methoxy groups -OCH3 is 1. The Kier molecular flexibility index (Phi) is 7.14. The van der Waals surface area contributed by atoms with Crippen molar-refractivity contribution in [1.29, 1.82) is 0 Å². The standard InChI is InChI=1S/C23H31ClFN3O5/c1-32-15-3-5-18(26-12-15)21(31)28-22-6-8-23(9-7-22,19(29)11-22)27-20(30)13-33-14-2-4-16(24)17(25)10-14/h2,4,10,15,18-19,26,29H,3,5-9,11-13H2,1H3,(H,27,30)(H,28,31). The third kappa shape index (κ3) is 5.26. The highest BCUT2D eigenvalue weighted by Crippen LogP contribution is 2.47. The molecule has 0 aromatic heterocycles. The maximum atomic E-state index is 13.5. The zero-order valence-electron chi connectivity index (χ0n) is 18.7. The van der Waals surface area contributed by atoms with Gasteiger partial charge in [0.2, 0.25) is 5.91 Å². The summed E-state index contributed by atoms with van der Waals surface area (Å²) in [5.41, 5.74) is -1.20. The fourth-order valence-electron chi connectivity index (χ4n) is 5.29. The summed E-state index contributed by atoms with van der Waals surface area (Å²) in [6.07, 6.45) is 3.73. The van der Waals surface area contributed by atoms with E-state index in [1.807, 2.05) is 0 Å². The Balaban J connectivity index is 1.29. The molecule has 3 aliphatic carbocycles. The second-order valence-electron chi connectivity index (χ2n) is 9.45. The lowest BCUT2D eigenvalue weighted by atomic mass is 9.59. The van der Waals surface area contributed by atoms with Crippen molar-refractivity contribution in [3.8, 4) is 5.75 Å². The van der Waals surface area contributed by atoms with Crippen LogP contribution in [0.25, 0.3) is 0 Å². The van der Waals surface area contributed by atoms with E-state index in [1.165, 1.54) is 12.1 Å². The molecule has 182 valence electrons. The van der Waals surface area contributed by atoms with E-state index >= 15 is 0 Å². The van der Waals surface area contributed by atoms with Crippen LogP contribution in [0.2, 0.25) is 5.02 Å². The first kappa shape index (κ1) is 24.2. The summed E-state index contributed by atoms with van der Waals surface area (Å²) in [7, 11) is 1.67. The number of ether oxygens (including phenoxy) is 2. The van der Waals surface area contributed by atoms with E-state index in [1.54, 1.807) is 7.11 Å². The lowest BCUT2D eigenvalue weighted by molar-refractivity contribution is -0.137. The zero-order chi connectivity index (χ0) is 23.6. The third-order valence-corrected chi connectivity index (χ3v) is 7.68. The fraction of sp³-hybridized carbons (Fsp3) is 0.652. The monoisotopic (exact) mass is 483 g/mol. The molecule has 10 heteroatoms. The summed E-state index contributed by atoms with van der Waals surface area (Å²) in [4.78, 5) is 25.4. The molecule has 1 aromatic carbocycles. The first-order valence-electron chi connectivity index (χ1n) is 11.4. The highest BCUT2D eigenvalue weighted by Gasteiger charge is 2.55. The van der Waals surface area contributed by atoms with Crippen LogP contribution in [-0.4, -0.2) is 66.5 Å². The second-order valence-corrected chi connectivity index (χ2v) is 9.86. The molecule has 1 aliphatic heterocycles. The summed E-state index contributed by atoms with van der Waals surface area (Å²) in [5, 5.41) is 20.3. The average molecular weight is 484 g/mol. The zero-order valence-corrected chi connectivity index (χ0v) is 19.4. The molecule has 33 heavy (non-hydrogen) atoms. The largest absolute Gasteiger partial charge is 0.484 e. The van der Waals surface area contributed by atoms with Gasteiger partial charge in [0.15, 0.2) is 6.61 Å². The third-order valence-electron chi connectivity index (χ3n) is 7.38. The average Bonchev–Trinajstić information content (AvgIpc) is 2.81. The van der Waals surface area contributed by atoms with Gasteiger partial charge in [-0.25, -0.2) is 4.39 Å². The molecule has 3 atom stereocenters. The van der Waals surface area contributed by atoms with Gasteiger partial charge in [-0.15, -0.1) is 0 Å². The van der Waals surface area contributed by atoms with E-state index in [2.05, 4.69) is 16.0 Å². The lowest BCUT2D eigenvalue weighted by Gasteiger charge is -2.56. The van der Waals surface area contributed by atoms with E-state index in [0.717, 1.165) is 12.5 Å². The van der Waals surface area contributed by atoms with Crippen LogP contribution >= 0.6 is 11.6 Å². The second kappa shape index (κ2) is 9.74. The van der Waals surface area contributed by atoms with Crippen LogP contribution in [-0.2, 0) is 14.3 Å². The Morgan fingerprint density at radius 2 is 2.00 bits per heavy atom. The number of piperidine rings is 1. The van der Waals surface area contributed by atoms with Crippen LogP contribution in [0.1, 0.15) is 44.9 Å². The molecule has 5 rings (SSSR count). The number of carbonyl (C=O) groups is 2. The molecule has 2 amide bonds. The number of hydrogen-bond donors (Lipinski definition) is 4. The smallest absolute Gasteiger partial charge is 0.258 e. The van der Waals surface area contributed by atoms with Crippen molar-refractivity contribution in [3.63, 3.8) is 0 Å². The number of halogens is 2. The first-order chi connectivity index (χ1) is 15.7. The number of aliphatic hydroxyl groups excluding tert-OH is 1. The quantitative estimate of drug-likeness (QED) is 0.470. The molecule has 1 aromatic rings. The molecule has 3 saturated carbocycles. The first-order valence-corrected chi connectivity index (χ1v) is 11.8. The van der Waals surface area contributed by atoms with E-state index in [-0.39, 0.29) is 41.3 Å². The van der Waals surface area contributed by atoms with Gasteiger partial charge in [0, 0.05) is 25.3 Å². The van der Waals surface area contributed by atoms with Crippen molar-refractivity contribution >= 4 is 23.4 Å². The van der Waals surface area contributed by atoms with Crippen LogP contribution < -0.4 is 20.7 Å². The van der Waals surface area contributed by atoms with Gasteiger partial charge in [0.25, 0.3) is 5.91 Å². The van der Waals surface area contributed by atoms with Crippen LogP contribution in [0.5, 0.6) is 5.75 Å². The Morgan fingerprint density at radius 3 is 2.61 bits per heavy atom. The van der Waals surface area contributed by atoms with Gasteiger partial charge in [-0.05, 0) is 57.1 Å². The van der Waals surface area contributed by atoms with Gasteiger partial charge in [-0.3, -0.25) is 9.59 Å². The topological polar surface area (TPSA) is 109 Å². The molecule has 1 heterocycles. The summed E-state index contributed by atoms with van der Waals surface area (Å²) in [6.45, 7) is 0.345. The number of hydrogen-bond acceptors (Lipinski definition) is 6. The van der Waals surface area contributed by atoms with E-state index in [4.69, 9.17) is 21.1 Å². The minimum Gasteiger partial charge on any atom is -0.484 e. The molecule has 3 unspecified atom stereocenters. The molecule has 2 bridgehead atoms.